The average Bonchev–Trinajstić information content (AvgIpc) is 2.70. The van der Waals surface area contributed by atoms with Gasteiger partial charge in [-0.1, -0.05) is 56.2 Å². The smallest absolute Gasteiger partial charge is 0.292 e. The number of amides is 1. The maximum absolute atomic E-state index is 13.2. The minimum atomic E-state index is -0.492. The van der Waals surface area contributed by atoms with Gasteiger partial charge in [-0.3, -0.25) is 9.59 Å². The van der Waals surface area contributed by atoms with E-state index >= 15 is 0 Å². The van der Waals surface area contributed by atoms with Crippen molar-refractivity contribution in [1.82, 2.24) is 5.32 Å². The van der Waals surface area contributed by atoms with E-state index in [0.29, 0.717) is 10.7 Å². The molecule has 2 aliphatic carbocycles. The fourth-order valence-corrected chi connectivity index (χ4v) is 6.21. The van der Waals surface area contributed by atoms with Gasteiger partial charge in [-0.2, -0.15) is 0 Å². The Morgan fingerprint density at radius 1 is 0.966 bits per heavy atom. The molecule has 1 saturated heterocycles. The highest BCUT2D eigenvalue weighted by atomic mass is 35.5. The van der Waals surface area contributed by atoms with Gasteiger partial charge in [-0.05, 0) is 63.1 Å². The molecule has 4 rings (SSSR count). The van der Waals surface area contributed by atoms with Crippen LogP contribution in [0.3, 0.4) is 0 Å². The predicted octanol–water partition coefficient (Wildman–Crippen LogP) is 5.56. The number of nitrogens with one attached hydrogen (secondary N) is 2. The Morgan fingerprint density at radius 3 is 2.03 bits per heavy atom. The zero-order valence-electron chi connectivity index (χ0n) is 17.5. The van der Waals surface area contributed by atoms with Crippen LogP contribution in [0.4, 0.5) is 5.69 Å². The summed E-state index contributed by atoms with van der Waals surface area (Å²) in [6.45, 7) is 1.92. The number of benzene rings is 1. The molecule has 2 spiro atoms. The van der Waals surface area contributed by atoms with E-state index in [4.69, 9.17) is 11.6 Å². The number of carbonyl (C=O) groups is 2. The molecule has 0 bridgehead atoms. The van der Waals surface area contributed by atoms with Gasteiger partial charge in [-0.25, -0.2) is 0 Å². The van der Waals surface area contributed by atoms with E-state index in [9.17, 15) is 9.59 Å². The van der Waals surface area contributed by atoms with Crippen molar-refractivity contribution in [1.29, 1.82) is 0 Å². The lowest BCUT2D eigenvalue weighted by atomic mass is 9.63. The van der Waals surface area contributed by atoms with Gasteiger partial charge in [-0.15, -0.1) is 0 Å². The lowest BCUT2D eigenvalue weighted by molar-refractivity contribution is -0.140. The van der Waals surface area contributed by atoms with Gasteiger partial charge < -0.3 is 10.6 Å². The van der Waals surface area contributed by atoms with Crippen molar-refractivity contribution in [3.05, 3.63) is 28.8 Å². The summed E-state index contributed by atoms with van der Waals surface area (Å²) in [4.78, 5) is 26.1. The molecule has 4 nitrogen and oxygen atoms in total. The number of anilines is 1. The summed E-state index contributed by atoms with van der Waals surface area (Å²) in [5.41, 5.74) is 1.63. The molecular formula is C24H33ClN2O2. The van der Waals surface area contributed by atoms with Crippen LogP contribution in [0.5, 0.6) is 0 Å². The van der Waals surface area contributed by atoms with Crippen molar-refractivity contribution in [2.45, 2.75) is 95.1 Å². The molecule has 0 atom stereocenters. The number of aryl methyl sites for hydroxylation is 1. The monoisotopic (exact) mass is 416 g/mol. The standard InChI is InChI=1S/C24H33ClN2O2/c1-17-8-9-19(14-20(17)25)26-22(29)21(28)18-15-23(10-4-2-5-11-23)27-24(16-18)12-6-3-7-13-24/h8-9,14,18,27H,2-7,10-13,15-16H2,1H3,(H,26,29). The largest absolute Gasteiger partial charge is 0.319 e. The van der Waals surface area contributed by atoms with Gasteiger partial charge in [0.05, 0.1) is 0 Å². The molecule has 0 aromatic heterocycles. The summed E-state index contributed by atoms with van der Waals surface area (Å²) in [5, 5.41) is 7.46. The molecule has 29 heavy (non-hydrogen) atoms. The van der Waals surface area contributed by atoms with E-state index in [1.54, 1.807) is 12.1 Å². The third-order valence-electron chi connectivity index (χ3n) is 7.45. The van der Waals surface area contributed by atoms with Crippen LogP contribution in [0.25, 0.3) is 0 Å². The van der Waals surface area contributed by atoms with Gasteiger partial charge in [0.25, 0.3) is 5.91 Å². The normalized spacial score (nSPS) is 25.7. The van der Waals surface area contributed by atoms with E-state index in [0.717, 1.165) is 44.1 Å². The molecule has 158 valence electrons. The summed E-state index contributed by atoms with van der Waals surface area (Å²) in [6.07, 6.45) is 13.6. The highest BCUT2D eigenvalue weighted by Gasteiger charge is 2.50. The molecule has 0 unspecified atom stereocenters. The predicted molar refractivity (Wildman–Crippen MR) is 117 cm³/mol. The third kappa shape index (κ3) is 4.54. The molecule has 1 amide bonds. The summed E-state index contributed by atoms with van der Waals surface area (Å²) in [5.74, 6) is -0.930. The van der Waals surface area contributed by atoms with Crippen LogP contribution in [0, 0.1) is 12.8 Å². The molecule has 1 aliphatic heterocycles. The van der Waals surface area contributed by atoms with Gasteiger partial charge in [0.15, 0.2) is 0 Å². The second-order valence-corrected chi connectivity index (χ2v) is 10.1. The first-order valence-electron chi connectivity index (χ1n) is 11.3. The fraction of sp³-hybridized carbons (Fsp3) is 0.667. The van der Waals surface area contributed by atoms with E-state index in [2.05, 4.69) is 10.6 Å². The van der Waals surface area contributed by atoms with Crippen molar-refractivity contribution >= 4 is 29.0 Å². The molecule has 3 aliphatic rings. The number of hydrogen-bond donors (Lipinski definition) is 2. The van der Waals surface area contributed by atoms with Crippen LogP contribution in [0.15, 0.2) is 18.2 Å². The quantitative estimate of drug-likeness (QED) is 0.634. The molecule has 3 fully saturated rings. The Labute approximate surface area is 179 Å². The minimum Gasteiger partial charge on any atom is -0.319 e. The number of piperidine rings is 1. The number of halogens is 1. The minimum absolute atomic E-state index is 0.0433. The highest BCUT2D eigenvalue weighted by Crippen LogP contribution is 2.46. The summed E-state index contributed by atoms with van der Waals surface area (Å²) in [7, 11) is 0. The summed E-state index contributed by atoms with van der Waals surface area (Å²) >= 11 is 6.18. The van der Waals surface area contributed by atoms with Crippen LogP contribution in [-0.4, -0.2) is 22.8 Å². The van der Waals surface area contributed by atoms with Crippen LogP contribution in [0.1, 0.15) is 82.6 Å². The van der Waals surface area contributed by atoms with Crippen LogP contribution in [-0.2, 0) is 9.59 Å². The second kappa shape index (κ2) is 8.39. The van der Waals surface area contributed by atoms with Crippen molar-refractivity contribution in [2.75, 3.05) is 5.32 Å². The maximum Gasteiger partial charge on any atom is 0.292 e. The lowest BCUT2D eigenvalue weighted by Crippen LogP contribution is -2.65. The third-order valence-corrected chi connectivity index (χ3v) is 7.86. The van der Waals surface area contributed by atoms with Gasteiger partial charge in [0.1, 0.15) is 0 Å². The number of carbonyl (C=O) groups excluding carboxylic acids is 2. The average molecular weight is 417 g/mol. The van der Waals surface area contributed by atoms with E-state index < -0.39 is 5.91 Å². The van der Waals surface area contributed by atoms with Gasteiger partial charge in [0, 0.05) is 27.7 Å². The zero-order chi connectivity index (χ0) is 20.5. The zero-order valence-corrected chi connectivity index (χ0v) is 18.2. The lowest BCUT2D eigenvalue weighted by Gasteiger charge is -2.55. The van der Waals surface area contributed by atoms with Crippen LogP contribution >= 0.6 is 11.6 Å². The summed E-state index contributed by atoms with van der Waals surface area (Å²) in [6, 6.07) is 5.39. The molecule has 2 N–H and O–H groups in total. The van der Waals surface area contributed by atoms with Crippen LogP contribution in [0.2, 0.25) is 5.02 Å². The fourth-order valence-electron chi connectivity index (χ4n) is 6.03. The highest BCUT2D eigenvalue weighted by molar-refractivity contribution is 6.41. The second-order valence-electron chi connectivity index (χ2n) is 9.69. The van der Waals surface area contributed by atoms with E-state index in [1.807, 2.05) is 13.0 Å². The first-order valence-corrected chi connectivity index (χ1v) is 11.7. The maximum atomic E-state index is 13.2. The Kier molecular flexibility index (Phi) is 6.04. The molecular weight excluding hydrogens is 384 g/mol. The Bertz CT molecular complexity index is 753. The molecule has 1 aromatic rings. The Hall–Kier alpha value is -1.39. The Morgan fingerprint density at radius 2 is 1.52 bits per heavy atom. The topological polar surface area (TPSA) is 58.2 Å². The molecule has 0 radical (unpaired) electrons. The molecule has 5 heteroatoms. The molecule has 1 aromatic carbocycles. The summed E-state index contributed by atoms with van der Waals surface area (Å²) < 4.78 is 0. The number of Topliss-reactive ketones (excluding diaryl/α,β-unsaturated/α-hetero) is 1. The SMILES string of the molecule is Cc1ccc(NC(=O)C(=O)C2CC3(CCCCC3)NC3(CCCCC3)C2)cc1Cl. The first-order chi connectivity index (χ1) is 13.9. The molecule has 1 heterocycles. The number of ketones is 1. The van der Waals surface area contributed by atoms with Gasteiger partial charge >= 0.3 is 0 Å². The van der Waals surface area contributed by atoms with Gasteiger partial charge in [0.2, 0.25) is 5.78 Å². The van der Waals surface area contributed by atoms with Crippen molar-refractivity contribution in [2.24, 2.45) is 5.92 Å². The molecule has 2 saturated carbocycles. The van der Waals surface area contributed by atoms with Crippen molar-refractivity contribution in [3.63, 3.8) is 0 Å². The number of rotatable bonds is 3. The number of hydrogen-bond acceptors (Lipinski definition) is 3. The van der Waals surface area contributed by atoms with Crippen LogP contribution < -0.4 is 10.6 Å². The van der Waals surface area contributed by atoms with E-state index in [1.165, 1.54) is 38.5 Å². The first kappa shape index (κ1) is 20.9. The van der Waals surface area contributed by atoms with E-state index in [-0.39, 0.29) is 22.8 Å². The van der Waals surface area contributed by atoms with Crippen molar-refractivity contribution < 1.29 is 9.59 Å². The van der Waals surface area contributed by atoms with Crippen molar-refractivity contribution in [3.8, 4) is 0 Å². The Balaban J connectivity index is 1.52.